The highest BCUT2D eigenvalue weighted by molar-refractivity contribution is 4.56. The molecule has 0 aromatic rings. The van der Waals surface area contributed by atoms with Gasteiger partial charge in [-0.2, -0.15) is 0 Å². The quantitative estimate of drug-likeness (QED) is 0.398. The molecule has 0 amide bonds. The summed E-state index contributed by atoms with van der Waals surface area (Å²) in [4.78, 5) is 2.61. The minimum atomic E-state index is 1.23. The summed E-state index contributed by atoms with van der Waals surface area (Å²) in [5, 5.41) is 0. The molecule has 0 aromatic carbocycles. The van der Waals surface area contributed by atoms with Crippen LogP contribution in [-0.4, -0.2) is 24.5 Å². The summed E-state index contributed by atoms with van der Waals surface area (Å²) in [6.07, 6.45) is 14.2. The number of nitrogens with zero attached hydrogens (tertiary/aromatic N) is 1. The Kier molecular flexibility index (Phi) is 14.0. The largest absolute Gasteiger partial charge is 0.304 e. The molecule has 0 bridgehead atoms. The van der Waals surface area contributed by atoms with Gasteiger partial charge >= 0.3 is 0 Å². The Bertz CT molecular complexity index is 133. The fraction of sp³-hybridized carbons (Fsp3) is 1.00. The number of hydrogen-bond acceptors (Lipinski definition) is 1. The molecule has 0 atom stereocenters. The Morgan fingerprint density at radius 1 is 0.529 bits per heavy atom. The average molecular weight is 241 g/mol. The van der Waals surface area contributed by atoms with Gasteiger partial charge in [-0.1, -0.05) is 72.1 Å². The molecule has 17 heavy (non-hydrogen) atoms. The van der Waals surface area contributed by atoms with E-state index in [1.54, 1.807) is 0 Å². The third-order valence-electron chi connectivity index (χ3n) is 3.60. The van der Waals surface area contributed by atoms with E-state index in [1.807, 2.05) is 0 Å². The fourth-order valence-electron chi connectivity index (χ4n) is 2.28. The Morgan fingerprint density at radius 3 is 1.53 bits per heavy atom. The smallest absolute Gasteiger partial charge is 0.00189 e. The summed E-state index contributed by atoms with van der Waals surface area (Å²) < 4.78 is 0. The van der Waals surface area contributed by atoms with Crippen LogP contribution in [0.3, 0.4) is 0 Å². The third kappa shape index (κ3) is 12.2. The van der Waals surface area contributed by atoms with Crippen LogP contribution in [-0.2, 0) is 0 Å². The van der Waals surface area contributed by atoms with Crippen molar-refractivity contribution in [1.29, 1.82) is 0 Å². The molecule has 104 valence electrons. The van der Waals surface area contributed by atoms with Crippen molar-refractivity contribution in [2.45, 2.75) is 85.0 Å². The molecular weight excluding hydrogens is 206 g/mol. The monoisotopic (exact) mass is 241 g/mol. The van der Waals surface area contributed by atoms with Crippen molar-refractivity contribution >= 4 is 0 Å². The average Bonchev–Trinajstić information content (AvgIpc) is 2.36. The maximum Gasteiger partial charge on any atom is -0.00189 e. The van der Waals surface area contributed by atoms with Crippen LogP contribution in [0.1, 0.15) is 85.0 Å². The van der Waals surface area contributed by atoms with Gasteiger partial charge in [0.1, 0.15) is 0 Å². The fourth-order valence-corrected chi connectivity index (χ4v) is 2.28. The van der Waals surface area contributed by atoms with Crippen molar-refractivity contribution in [2.75, 3.05) is 19.6 Å². The second-order valence-corrected chi connectivity index (χ2v) is 5.26. The zero-order valence-electron chi connectivity index (χ0n) is 12.6. The van der Waals surface area contributed by atoms with Crippen molar-refractivity contribution in [2.24, 2.45) is 0 Å². The van der Waals surface area contributed by atoms with E-state index in [1.165, 1.54) is 83.8 Å². The van der Waals surface area contributed by atoms with Crippen molar-refractivity contribution in [1.82, 2.24) is 4.90 Å². The molecular formula is C16H35N. The van der Waals surface area contributed by atoms with E-state index < -0.39 is 0 Å². The lowest BCUT2D eigenvalue weighted by atomic mass is 10.1. The van der Waals surface area contributed by atoms with Crippen molar-refractivity contribution < 1.29 is 0 Å². The van der Waals surface area contributed by atoms with Gasteiger partial charge in [-0.05, 0) is 32.5 Å². The van der Waals surface area contributed by atoms with Gasteiger partial charge < -0.3 is 4.90 Å². The van der Waals surface area contributed by atoms with Crippen LogP contribution in [0.25, 0.3) is 0 Å². The van der Waals surface area contributed by atoms with Gasteiger partial charge in [0, 0.05) is 0 Å². The van der Waals surface area contributed by atoms with E-state index in [9.17, 15) is 0 Å². The number of unbranched alkanes of at least 4 members (excludes halogenated alkanes) is 8. The molecule has 0 unspecified atom stereocenters. The van der Waals surface area contributed by atoms with Crippen LogP contribution in [0.5, 0.6) is 0 Å². The molecule has 0 aliphatic heterocycles. The van der Waals surface area contributed by atoms with Gasteiger partial charge in [-0.3, -0.25) is 0 Å². The minimum Gasteiger partial charge on any atom is -0.304 e. The number of rotatable bonds is 13. The lowest BCUT2D eigenvalue weighted by Crippen LogP contribution is -2.25. The third-order valence-corrected chi connectivity index (χ3v) is 3.60. The molecule has 0 aromatic heterocycles. The summed E-state index contributed by atoms with van der Waals surface area (Å²) in [5.74, 6) is 0. The Hall–Kier alpha value is -0.0400. The minimum absolute atomic E-state index is 1.23. The highest BCUT2D eigenvalue weighted by atomic mass is 15.1. The predicted molar refractivity (Wildman–Crippen MR) is 79.6 cm³/mol. The zero-order valence-corrected chi connectivity index (χ0v) is 12.6. The summed E-state index contributed by atoms with van der Waals surface area (Å²) >= 11 is 0. The van der Waals surface area contributed by atoms with Gasteiger partial charge in [0.15, 0.2) is 0 Å². The highest BCUT2D eigenvalue weighted by Gasteiger charge is 2.00. The van der Waals surface area contributed by atoms with Gasteiger partial charge in [-0.15, -0.1) is 0 Å². The van der Waals surface area contributed by atoms with Crippen LogP contribution >= 0.6 is 0 Å². The molecule has 0 saturated carbocycles. The Morgan fingerprint density at radius 2 is 1.00 bits per heavy atom. The molecule has 0 fully saturated rings. The van der Waals surface area contributed by atoms with E-state index in [4.69, 9.17) is 0 Å². The first-order chi connectivity index (χ1) is 8.35. The molecule has 0 N–H and O–H groups in total. The second kappa shape index (κ2) is 14.0. The van der Waals surface area contributed by atoms with Gasteiger partial charge in [0.25, 0.3) is 0 Å². The maximum absolute atomic E-state index is 2.61. The zero-order chi connectivity index (χ0) is 12.8. The summed E-state index contributed by atoms with van der Waals surface area (Å²) in [6.45, 7) is 10.7. The van der Waals surface area contributed by atoms with Crippen molar-refractivity contribution in [3.05, 3.63) is 0 Å². The molecule has 0 aliphatic carbocycles. The Balaban J connectivity index is 3.19. The summed E-state index contributed by atoms with van der Waals surface area (Å²) in [6, 6.07) is 0. The van der Waals surface area contributed by atoms with E-state index in [2.05, 4.69) is 25.7 Å². The van der Waals surface area contributed by atoms with Crippen LogP contribution in [0.4, 0.5) is 0 Å². The van der Waals surface area contributed by atoms with Crippen molar-refractivity contribution in [3.8, 4) is 0 Å². The van der Waals surface area contributed by atoms with E-state index >= 15 is 0 Å². The lowest BCUT2D eigenvalue weighted by molar-refractivity contribution is 0.276. The van der Waals surface area contributed by atoms with Gasteiger partial charge in [0.05, 0.1) is 0 Å². The standard InChI is InChI=1S/C16H35N/c1-4-7-9-10-11-12-13-14-16-17(6-3)15-8-5-2/h4-16H2,1-3H3. The second-order valence-electron chi connectivity index (χ2n) is 5.26. The maximum atomic E-state index is 2.61. The molecule has 1 heteroatoms. The van der Waals surface area contributed by atoms with E-state index in [0.29, 0.717) is 0 Å². The predicted octanol–water partition coefficient (Wildman–Crippen LogP) is 5.25. The molecule has 0 heterocycles. The van der Waals surface area contributed by atoms with E-state index in [-0.39, 0.29) is 0 Å². The highest BCUT2D eigenvalue weighted by Crippen LogP contribution is 2.09. The molecule has 0 rings (SSSR count). The number of hydrogen-bond donors (Lipinski definition) is 0. The normalized spacial score (nSPS) is 11.3. The summed E-state index contributed by atoms with van der Waals surface area (Å²) in [5.41, 5.74) is 0. The summed E-state index contributed by atoms with van der Waals surface area (Å²) in [7, 11) is 0. The molecule has 0 aliphatic rings. The molecule has 0 spiro atoms. The molecule has 0 saturated heterocycles. The molecule has 1 nitrogen and oxygen atoms in total. The topological polar surface area (TPSA) is 3.24 Å². The van der Waals surface area contributed by atoms with Gasteiger partial charge in [-0.25, -0.2) is 0 Å². The van der Waals surface area contributed by atoms with Crippen LogP contribution < -0.4 is 0 Å². The Labute approximate surface area is 110 Å². The van der Waals surface area contributed by atoms with Crippen LogP contribution in [0.15, 0.2) is 0 Å². The van der Waals surface area contributed by atoms with Crippen LogP contribution in [0, 0.1) is 0 Å². The lowest BCUT2D eigenvalue weighted by Gasteiger charge is -2.19. The first-order valence-electron chi connectivity index (χ1n) is 8.07. The first kappa shape index (κ1) is 17.0. The first-order valence-corrected chi connectivity index (χ1v) is 8.07. The van der Waals surface area contributed by atoms with E-state index in [0.717, 1.165) is 0 Å². The van der Waals surface area contributed by atoms with Crippen LogP contribution in [0.2, 0.25) is 0 Å². The molecule has 0 radical (unpaired) electrons. The van der Waals surface area contributed by atoms with Crippen molar-refractivity contribution in [3.63, 3.8) is 0 Å². The van der Waals surface area contributed by atoms with Gasteiger partial charge in [0.2, 0.25) is 0 Å². The SMILES string of the molecule is CCCCCCCCCCN(CC)CCCC.